The number of carbonyl (C=O) groups is 1. The number of nitrogens with one attached hydrogen (secondary N) is 1. The molecule has 0 bridgehead atoms. The van der Waals surface area contributed by atoms with Crippen molar-refractivity contribution in [1.82, 2.24) is 0 Å². The van der Waals surface area contributed by atoms with E-state index in [1.807, 2.05) is 0 Å². The molecule has 3 nitrogen and oxygen atoms in total. The van der Waals surface area contributed by atoms with E-state index >= 15 is 0 Å². The number of rotatable bonds is 2. The number of nitrogen functional groups attached to an aromatic ring is 1. The highest BCUT2D eigenvalue weighted by atomic mass is 19.4. The minimum atomic E-state index is -5.94. The van der Waals surface area contributed by atoms with Crippen LogP contribution in [0.15, 0.2) is 12.1 Å². The Morgan fingerprint density at radius 3 is 2.11 bits per heavy atom. The van der Waals surface area contributed by atoms with Gasteiger partial charge in [-0.3, -0.25) is 4.79 Å². The molecule has 1 aromatic carbocycles. The fraction of sp³-hybridized carbons (Fsp3) is 0.364. The Bertz CT molecular complexity index is 511. The summed E-state index contributed by atoms with van der Waals surface area (Å²) < 4.78 is 61.5. The molecule has 0 aliphatic rings. The Kier molecular flexibility index (Phi) is 3.74. The molecule has 1 rings (SSSR count). The summed E-state index contributed by atoms with van der Waals surface area (Å²) in [7, 11) is 0. The van der Waals surface area contributed by atoms with Gasteiger partial charge in [-0.2, -0.15) is 22.0 Å². The molecule has 1 aromatic rings. The molecule has 0 aromatic heterocycles. The van der Waals surface area contributed by atoms with Gasteiger partial charge in [-0.25, -0.2) is 0 Å². The predicted molar refractivity (Wildman–Crippen MR) is 60.0 cm³/mol. The zero-order valence-electron chi connectivity index (χ0n) is 10.0. The first kappa shape index (κ1) is 15.2. The van der Waals surface area contributed by atoms with Gasteiger partial charge in [0.1, 0.15) is 0 Å². The average Bonchev–Trinajstić information content (AvgIpc) is 2.24. The van der Waals surface area contributed by atoms with Crippen LogP contribution in [-0.2, 0) is 4.79 Å². The number of aryl methyl sites for hydroxylation is 2. The molecule has 0 saturated carbocycles. The van der Waals surface area contributed by atoms with E-state index in [1.54, 1.807) is 5.32 Å². The average molecular weight is 282 g/mol. The third-order valence-corrected chi connectivity index (χ3v) is 2.50. The van der Waals surface area contributed by atoms with Crippen LogP contribution >= 0.6 is 0 Å². The van der Waals surface area contributed by atoms with Gasteiger partial charge in [-0.05, 0) is 37.1 Å². The van der Waals surface area contributed by atoms with Crippen LogP contribution < -0.4 is 11.1 Å². The summed E-state index contributed by atoms with van der Waals surface area (Å²) in [4.78, 5) is 11.0. The summed E-state index contributed by atoms with van der Waals surface area (Å²) in [6, 6.07) is 2.60. The van der Waals surface area contributed by atoms with E-state index in [9.17, 15) is 26.7 Å². The number of hydrogen-bond donors (Lipinski definition) is 2. The number of amides is 1. The van der Waals surface area contributed by atoms with Crippen LogP contribution in [0.25, 0.3) is 0 Å². The number of hydrogen-bond acceptors (Lipinski definition) is 2. The zero-order valence-corrected chi connectivity index (χ0v) is 10.0. The van der Waals surface area contributed by atoms with Crippen LogP contribution in [0, 0.1) is 13.8 Å². The number of carbonyl (C=O) groups excluding carboxylic acids is 1. The first-order chi connectivity index (χ1) is 8.46. The smallest absolute Gasteiger partial charge is 0.399 e. The molecule has 0 spiro atoms. The number of nitrogens with two attached hydrogens (primary N) is 1. The summed E-state index contributed by atoms with van der Waals surface area (Å²) >= 11 is 0. The van der Waals surface area contributed by atoms with E-state index in [0.717, 1.165) is 0 Å². The lowest BCUT2D eigenvalue weighted by Crippen LogP contribution is -2.47. The molecule has 0 heterocycles. The van der Waals surface area contributed by atoms with Gasteiger partial charge in [0.2, 0.25) is 0 Å². The maximum absolute atomic E-state index is 12.8. The maximum Gasteiger partial charge on any atom is 0.463 e. The second-order valence-corrected chi connectivity index (χ2v) is 4.05. The van der Waals surface area contributed by atoms with E-state index in [-0.39, 0.29) is 11.3 Å². The van der Waals surface area contributed by atoms with E-state index in [4.69, 9.17) is 5.73 Å². The molecule has 0 saturated heterocycles. The van der Waals surface area contributed by atoms with Crippen molar-refractivity contribution in [2.24, 2.45) is 0 Å². The Balaban J connectivity index is 3.05. The van der Waals surface area contributed by atoms with Crippen molar-refractivity contribution in [1.29, 1.82) is 0 Å². The largest absolute Gasteiger partial charge is 0.463 e. The maximum atomic E-state index is 12.8. The second kappa shape index (κ2) is 4.67. The molecule has 0 aliphatic heterocycles. The van der Waals surface area contributed by atoms with Crippen molar-refractivity contribution in [3.05, 3.63) is 23.3 Å². The van der Waals surface area contributed by atoms with E-state index < -0.39 is 18.0 Å². The molecule has 19 heavy (non-hydrogen) atoms. The Morgan fingerprint density at radius 1 is 1.11 bits per heavy atom. The van der Waals surface area contributed by atoms with Crippen molar-refractivity contribution in [2.75, 3.05) is 11.1 Å². The molecular formula is C11H11F5N2O. The lowest BCUT2D eigenvalue weighted by atomic mass is 10.1. The number of halogens is 5. The van der Waals surface area contributed by atoms with Crippen molar-refractivity contribution in [3.63, 3.8) is 0 Å². The predicted octanol–water partition coefficient (Wildman–Crippen LogP) is 3.02. The van der Waals surface area contributed by atoms with E-state index in [0.29, 0.717) is 11.3 Å². The molecule has 106 valence electrons. The molecule has 1 amide bonds. The minimum absolute atomic E-state index is 0.138. The number of alkyl halides is 5. The highest BCUT2D eigenvalue weighted by molar-refractivity contribution is 5.97. The van der Waals surface area contributed by atoms with Gasteiger partial charge in [-0.1, -0.05) is 0 Å². The lowest BCUT2D eigenvalue weighted by Gasteiger charge is -2.19. The first-order valence-corrected chi connectivity index (χ1v) is 5.09. The topological polar surface area (TPSA) is 55.1 Å². The summed E-state index contributed by atoms with van der Waals surface area (Å²) in [6.07, 6.45) is -5.94. The Hall–Kier alpha value is -1.86. The molecule has 0 unspecified atom stereocenters. The van der Waals surface area contributed by atoms with Gasteiger partial charge in [-0.15, -0.1) is 0 Å². The Morgan fingerprint density at radius 2 is 1.63 bits per heavy atom. The summed E-state index contributed by atoms with van der Waals surface area (Å²) in [5.41, 5.74) is 6.48. The lowest BCUT2D eigenvalue weighted by molar-refractivity contribution is -0.267. The van der Waals surface area contributed by atoms with Crippen LogP contribution in [-0.4, -0.2) is 18.0 Å². The van der Waals surface area contributed by atoms with Gasteiger partial charge < -0.3 is 11.1 Å². The molecule has 0 aliphatic carbocycles. The normalized spacial score (nSPS) is 12.4. The number of anilines is 2. The molecule has 3 N–H and O–H groups in total. The highest BCUT2D eigenvalue weighted by Gasteiger charge is 2.63. The summed E-state index contributed by atoms with van der Waals surface area (Å²) in [5.74, 6) is -7.87. The van der Waals surface area contributed by atoms with Crippen molar-refractivity contribution in [3.8, 4) is 0 Å². The molecule has 0 fully saturated rings. The second-order valence-electron chi connectivity index (χ2n) is 4.05. The van der Waals surface area contributed by atoms with Crippen LogP contribution in [0.2, 0.25) is 0 Å². The molecular weight excluding hydrogens is 271 g/mol. The summed E-state index contributed by atoms with van der Waals surface area (Å²) in [5, 5.41) is 1.56. The summed E-state index contributed by atoms with van der Waals surface area (Å²) in [6.45, 7) is 2.96. The van der Waals surface area contributed by atoms with Crippen molar-refractivity contribution in [2.45, 2.75) is 25.9 Å². The fourth-order valence-electron chi connectivity index (χ4n) is 1.30. The minimum Gasteiger partial charge on any atom is -0.399 e. The van der Waals surface area contributed by atoms with E-state index in [1.165, 1.54) is 26.0 Å². The van der Waals surface area contributed by atoms with Crippen molar-refractivity contribution < 1.29 is 26.7 Å². The van der Waals surface area contributed by atoms with Crippen molar-refractivity contribution >= 4 is 17.3 Å². The molecule has 0 radical (unpaired) electrons. The van der Waals surface area contributed by atoms with Gasteiger partial charge in [0.25, 0.3) is 0 Å². The highest BCUT2D eigenvalue weighted by Crippen LogP contribution is 2.36. The first-order valence-electron chi connectivity index (χ1n) is 5.09. The third kappa shape index (κ3) is 2.94. The number of benzene rings is 1. The third-order valence-electron chi connectivity index (χ3n) is 2.50. The van der Waals surface area contributed by atoms with Crippen LogP contribution in [0.4, 0.5) is 33.3 Å². The SMILES string of the molecule is Cc1cc(NC(=O)C(F)(F)C(F)(F)F)c(C)cc1N. The fourth-order valence-corrected chi connectivity index (χ4v) is 1.30. The Labute approximate surface area is 105 Å². The van der Waals surface area contributed by atoms with E-state index in [2.05, 4.69) is 0 Å². The molecule has 8 heteroatoms. The van der Waals surface area contributed by atoms with Gasteiger partial charge >= 0.3 is 18.0 Å². The standard InChI is InChI=1S/C11H11F5N2O/c1-5-4-8(6(2)3-7(5)17)18-9(19)10(12,13)11(14,15)16/h3-4H,17H2,1-2H3,(H,18,19). The quantitative estimate of drug-likeness (QED) is 0.647. The van der Waals surface area contributed by atoms with Gasteiger partial charge in [0.15, 0.2) is 0 Å². The van der Waals surface area contributed by atoms with Crippen LogP contribution in [0.3, 0.4) is 0 Å². The zero-order chi connectivity index (χ0) is 15.0. The van der Waals surface area contributed by atoms with Crippen LogP contribution in [0.5, 0.6) is 0 Å². The van der Waals surface area contributed by atoms with Crippen LogP contribution in [0.1, 0.15) is 11.1 Å². The monoisotopic (exact) mass is 282 g/mol. The molecule has 0 atom stereocenters. The van der Waals surface area contributed by atoms with Gasteiger partial charge in [0.05, 0.1) is 0 Å². The van der Waals surface area contributed by atoms with Gasteiger partial charge in [0, 0.05) is 11.4 Å².